The van der Waals surface area contributed by atoms with Gasteiger partial charge >= 0.3 is 0 Å². The van der Waals surface area contributed by atoms with Gasteiger partial charge in [-0.25, -0.2) is 9.97 Å². The minimum atomic E-state index is -0.0742. The fourth-order valence-corrected chi connectivity index (χ4v) is 1.19. The fourth-order valence-electron chi connectivity index (χ4n) is 1.19. The first-order valence-corrected chi connectivity index (χ1v) is 4.70. The summed E-state index contributed by atoms with van der Waals surface area (Å²) in [6.45, 7) is 2.84. The Hall–Kier alpha value is -1.85. The van der Waals surface area contributed by atoms with Crippen molar-refractivity contribution < 1.29 is 4.79 Å². The third-order valence-electron chi connectivity index (χ3n) is 2.01. The van der Waals surface area contributed by atoms with Crippen LogP contribution >= 0.6 is 0 Å². The van der Waals surface area contributed by atoms with Crippen LogP contribution in [0.2, 0.25) is 0 Å². The lowest BCUT2D eigenvalue weighted by Crippen LogP contribution is -2.36. The molecule has 6 nitrogen and oxygen atoms in total. The molecule has 0 fully saturated rings. The number of aromatic nitrogens is 2. The fraction of sp³-hybridized carbons (Fsp3) is 0.444. The number of nitrogens with zero attached hydrogens (tertiary/aromatic N) is 3. The molecular weight excluding hydrogens is 194 g/mol. The lowest BCUT2D eigenvalue weighted by molar-refractivity contribution is -0.119. The minimum Gasteiger partial charge on any atom is -0.394 e. The Bertz CT molecular complexity index is 341. The van der Waals surface area contributed by atoms with Crippen molar-refractivity contribution in [3.63, 3.8) is 0 Å². The molecule has 0 saturated carbocycles. The summed E-state index contributed by atoms with van der Waals surface area (Å²) in [5.74, 6) is 0.519. The molecule has 0 aliphatic carbocycles. The van der Waals surface area contributed by atoms with E-state index in [1.54, 1.807) is 11.9 Å². The second-order valence-electron chi connectivity index (χ2n) is 2.99. The number of rotatable bonds is 4. The van der Waals surface area contributed by atoms with Crippen molar-refractivity contribution in [2.24, 2.45) is 0 Å². The molecule has 0 saturated heterocycles. The molecule has 0 aliphatic heterocycles. The average molecular weight is 209 g/mol. The van der Waals surface area contributed by atoms with Crippen LogP contribution in [0.15, 0.2) is 12.5 Å². The number of carbonyl (C=O) groups is 1. The summed E-state index contributed by atoms with van der Waals surface area (Å²) in [5, 5.41) is 2.55. The van der Waals surface area contributed by atoms with Gasteiger partial charge in [-0.1, -0.05) is 0 Å². The van der Waals surface area contributed by atoms with E-state index in [1.807, 2.05) is 6.92 Å². The first-order chi connectivity index (χ1) is 7.19. The van der Waals surface area contributed by atoms with E-state index in [1.165, 1.54) is 12.5 Å². The molecule has 1 aromatic rings. The van der Waals surface area contributed by atoms with Crippen molar-refractivity contribution in [2.75, 3.05) is 30.8 Å². The Morgan fingerprint density at radius 3 is 2.93 bits per heavy atom. The maximum Gasteiger partial charge on any atom is 0.239 e. The van der Waals surface area contributed by atoms with Crippen LogP contribution in [0.3, 0.4) is 0 Å². The maximum absolute atomic E-state index is 11.2. The molecule has 6 heteroatoms. The smallest absolute Gasteiger partial charge is 0.239 e. The number of nitrogens with one attached hydrogen (secondary N) is 1. The Morgan fingerprint density at radius 2 is 2.40 bits per heavy atom. The Balaban J connectivity index is 2.83. The summed E-state index contributed by atoms with van der Waals surface area (Å²) in [6, 6.07) is 0. The summed E-state index contributed by atoms with van der Waals surface area (Å²) < 4.78 is 0. The number of amides is 1. The third kappa shape index (κ3) is 2.80. The highest BCUT2D eigenvalue weighted by Crippen LogP contribution is 2.16. The highest BCUT2D eigenvalue weighted by atomic mass is 16.1. The van der Waals surface area contributed by atoms with E-state index in [4.69, 9.17) is 5.73 Å². The molecule has 82 valence electrons. The summed E-state index contributed by atoms with van der Waals surface area (Å²) in [5.41, 5.74) is 6.19. The predicted octanol–water partition coefficient (Wildman–Crippen LogP) is -0.369. The number of nitrogen functional groups attached to an aromatic ring is 1. The van der Waals surface area contributed by atoms with Gasteiger partial charge in [0, 0.05) is 13.6 Å². The normalized spacial score (nSPS) is 9.73. The molecule has 1 heterocycles. The zero-order chi connectivity index (χ0) is 11.3. The summed E-state index contributed by atoms with van der Waals surface area (Å²) in [7, 11) is 1.60. The van der Waals surface area contributed by atoms with Crippen LogP contribution < -0.4 is 16.0 Å². The molecular formula is C9H15N5O. The van der Waals surface area contributed by atoms with Crippen LogP contribution in [-0.2, 0) is 4.79 Å². The number of hydrogen-bond donors (Lipinski definition) is 2. The zero-order valence-corrected chi connectivity index (χ0v) is 8.90. The van der Waals surface area contributed by atoms with E-state index >= 15 is 0 Å². The number of nitrogens with two attached hydrogens (primary N) is 1. The minimum absolute atomic E-state index is 0.0742. The first-order valence-electron chi connectivity index (χ1n) is 4.70. The van der Waals surface area contributed by atoms with Gasteiger partial charge in [0.25, 0.3) is 0 Å². The van der Waals surface area contributed by atoms with Crippen LogP contribution in [0.5, 0.6) is 0 Å². The van der Waals surface area contributed by atoms with Crippen LogP contribution in [0, 0.1) is 0 Å². The van der Waals surface area contributed by atoms with Gasteiger partial charge in [0.1, 0.15) is 6.33 Å². The summed E-state index contributed by atoms with van der Waals surface area (Å²) in [4.78, 5) is 20.9. The summed E-state index contributed by atoms with van der Waals surface area (Å²) in [6.07, 6.45) is 2.94. The van der Waals surface area contributed by atoms with E-state index in [-0.39, 0.29) is 12.5 Å². The second kappa shape index (κ2) is 5.14. The van der Waals surface area contributed by atoms with Gasteiger partial charge in [-0.2, -0.15) is 0 Å². The Labute approximate surface area is 88.5 Å². The highest BCUT2D eigenvalue weighted by Gasteiger charge is 2.12. The average Bonchev–Trinajstić information content (AvgIpc) is 2.26. The van der Waals surface area contributed by atoms with Crippen LogP contribution in [0.1, 0.15) is 6.92 Å². The Kier molecular flexibility index (Phi) is 3.84. The van der Waals surface area contributed by atoms with Gasteiger partial charge in [-0.05, 0) is 6.92 Å². The van der Waals surface area contributed by atoms with Gasteiger partial charge in [-0.3, -0.25) is 4.79 Å². The van der Waals surface area contributed by atoms with Crippen molar-refractivity contribution in [1.82, 2.24) is 15.3 Å². The lowest BCUT2D eigenvalue weighted by atomic mass is 10.4. The number of anilines is 2. The third-order valence-corrected chi connectivity index (χ3v) is 2.01. The molecule has 1 aromatic heterocycles. The van der Waals surface area contributed by atoms with Crippen LogP contribution in [-0.4, -0.2) is 36.0 Å². The molecule has 0 aromatic carbocycles. The number of hydrogen-bond acceptors (Lipinski definition) is 5. The van der Waals surface area contributed by atoms with Crippen molar-refractivity contribution >= 4 is 17.4 Å². The van der Waals surface area contributed by atoms with Crippen LogP contribution in [0.25, 0.3) is 0 Å². The monoisotopic (exact) mass is 209 g/mol. The Morgan fingerprint density at radius 1 is 1.67 bits per heavy atom. The summed E-state index contributed by atoms with van der Waals surface area (Å²) >= 11 is 0. The van der Waals surface area contributed by atoms with Crippen molar-refractivity contribution in [3.05, 3.63) is 12.5 Å². The topological polar surface area (TPSA) is 84.1 Å². The molecule has 0 spiro atoms. The van der Waals surface area contributed by atoms with Gasteiger partial charge in [0.2, 0.25) is 5.91 Å². The molecule has 0 atom stereocenters. The molecule has 1 amide bonds. The number of likely N-dealkylation sites (N-methyl/N-ethyl adjacent to an activating group) is 2. The van der Waals surface area contributed by atoms with Crippen molar-refractivity contribution in [2.45, 2.75) is 6.92 Å². The predicted molar refractivity (Wildman–Crippen MR) is 58.4 cm³/mol. The molecule has 3 N–H and O–H groups in total. The zero-order valence-electron chi connectivity index (χ0n) is 8.90. The van der Waals surface area contributed by atoms with E-state index in [0.717, 1.165) is 0 Å². The van der Waals surface area contributed by atoms with E-state index in [9.17, 15) is 4.79 Å². The van der Waals surface area contributed by atoms with Gasteiger partial charge < -0.3 is 16.0 Å². The first kappa shape index (κ1) is 11.2. The van der Waals surface area contributed by atoms with Gasteiger partial charge in [0.15, 0.2) is 5.82 Å². The van der Waals surface area contributed by atoms with E-state index in [2.05, 4.69) is 15.3 Å². The quantitative estimate of drug-likeness (QED) is 0.707. The molecule has 0 unspecified atom stereocenters. The van der Waals surface area contributed by atoms with Crippen molar-refractivity contribution in [1.29, 1.82) is 0 Å². The SMILES string of the molecule is CCN(CC(=O)NC)c1ncncc1N. The maximum atomic E-state index is 11.2. The molecule has 0 bridgehead atoms. The van der Waals surface area contributed by atoms with Crippen molar-refractivity contribution in [3.8, 4) is 0 Å². The van der Waals surface area contributed by atoms with Gasteiger partial charge in [-0.15, -0.1) is 0 Å². The molecule has 1 rings (SSSR count). The largest absolute Gasteiger partial charge is 0.394 e. The standard InChI is InChI=1S/C9H15N5O/c1-3-14(5-8(15)11-2)9-7(10)4-12-6-13-9/h4,6H,3,5,10H2,1-2H3,(H,11,15). The van der Waals surface area contributed by atoms with E-state index < -0.39 is 0 Å². The highest BCUT2D eigenvalue weighted by molar-refractivity contribution is 5.81. The van der Waals surface area contributed by atoms with E-state index in [0.29, 0.717) is 18.1 Å². The lowest BCUT2D eigenvalue weighted by Gasteiger charge is -2.21. The van der Waals surface area contributed by atoms with Crippen LogP contribution in [0.4, 0.5) is 11.5 Å². The molecule has 0 aliphatic rings. The molecule has 15 heavy (non-hydrogen) atoms. The van der Waals surface area contributed by atoms with Gasteiger partial charge in [0.05, 0.1) is 18.4 Å². The number of carbonyl (C=O) groups excluding carboxylic acids is 1. The second-order valence-corrected chi connectivity index (χ2v) is 2.99. The molecule has 0 radical (unpaired) electrons.